The van der Waals surface area contributed by atoms with Crippen molar-refractivity contribution in [3.8, 4) is 5.75 Å². The zero-order valence-electron chi connectivity index (χ0n) is 10.9. The number of benzene rings is 2. The van der Waals surface area contributed by atoms with Crippen LogP contribution in [-0.2, 0) is 6.61 Å². The van der Waals surface area contributed by atoms with Crippen LogP contribution in [0.4, 0.5) is 4.39 Å². The first-order valence-corrected chi connectivity index (χ1v) is 7.09. The molecule has 3 rings (SSSR count). The van der Waals surface area contributed by atoms with Crippen LogP contribution >= 0.6 is 11.3 Å². The summed E-state index contributed by atoms with van der Waals surface area (Å²) in [4.78, 5) is 11.5. The van der Waals surface area contributed by atoms with Crippen molar-refractivity contribution in [3.63, 3.8) is 0 Å². The monoisotopic (exact) mass is 302 g/mol. The lowest BCUT2D eigenvalue weighted by Gasteiger charge is -2.06. The van der Waals surface area contributed by atoms with Crippen molar-refractivity contribution >= 4 is 27.4 Å². The number of ether oxygens (including phenoxy) is 1. The average molecular weight is 302 g/mol. The normalized spacial score (nSPS) is 10.7. The van der Waals surface area contributed by atoms with E-state index in [2.05, 4.69) is 0 Å². The molecule has 1 N–H and O–H groups in total. The third-order valence-electron chi connectivity index (χ3n) is 3.04. The van der Waals surface area contributed by atoms with E-state index in [4.69, 9.17) is 4.74 Å². The Morgan fingerprint density at radius 2 is 1.86 bits per heavy atom. The van der Waals surface area contributed by atoms with E-state index in [0.717, 1.165) is 15.6 Å². The maximum atomic E-state index is 12.9. The number of carbonyl (C=O) groups is 1. The van der Waals surface area contributed by atoms with Crippen molar-refractivity contribution in [1.29, 1.82) is 0 Å². The fourth-order valence-corrected chi connectivity index (χ4v) is 3.03. The van der Waals surface area contributed by atoms with Crippen LogP contribution in [0.2, 0.25) is 0 Å². The van der Waals surface area contributed by atoms with Gasteiger partial charge in [0.2, 0.25) is 0 Å². The minimum atomic E-state index is -1.01. The van der Waals surface area contributed by atoms with Gasteiger partial charge in [-0.15, -0.1) is 11.3 Å². The summed E-state index contributed by atoms with van der Waals surface area (Å²) in [5.41, 5.74) is 0.781. The molecule has 0 spiro atoms. The Balaban J connectivity index is 1.93. The molecular weight excluding hydrogens is 291 g/mol. The average Bonchev–Trinajstić information content (AvgIpc) is 2.86. The van der Waals surface area contributed by atoms with Gasteiger partial charge in [-0.25, -0.2) is 9.18 Å². The van der Waals surface area contributed by atoms with E-state index in [0.29, 0.717) is 5.75 Å². The van der Waals surface area contributed by atoms with Crippen molar-refractivity contribution in [1.82, 2.24) is 0 Å². The number of hydrogen-bond acceptors (Lipinski definition) is 3. The second-order valence-corrected chi connectivity index (χ2v) is 5.53. The molecule has 0 unspecified atom stereocenters. The van der Waals surface area contributed by atoms with Gasteiger partial charge < -0.3 is 9.84 Å². The molecule has 0 aliphatic carbocycles. The molecule has 0 radical (unpaired) electrons. The molecule has 0 saturated heterocycles. The number of hydrogen-bond donors (Lipinski definition) is 1. The largest absolute Gasteiger partial charge is 0.486 e. The van der Waals surface area contributed by atoms with Gasteiger partial charge >= 0.3 is 5.97 Å². The van der Waals surface area contributed by atoms with Gasteiger partial charge in [0.15, 0.2) is 10.6 Å². The first-order chi connectivity index (χ1) is 10.1. The third-order valence-corrected chi connectivity index (χ3v) is 4.18. The minimum Gasteiger partial charge on any atom is -0.486 e. The van der Waals surface area contributed by atoms with Gasteiger partial charge in [-0.3, -0.25) is 0 Å². The van der Waals surface area contributed by atoms with Gasteiger partial charge in [0.05, 0.1) is 0 Å². The lowest BCUT2D eigenvalue weighted by atomic mass is 10.2. The van der Waals surface area contributed by atoms with E-state index in [1.807, 2.05) is 24.3 Å². The number of fused-ring (bicyclic) bond motifs is 1. The smallest absolute Gasteiger partial charge is 0.349 e. The first-order valence-electron chi connectivity index (χ1n) is 6.27. The first kappa shape index (κ1) is 13.6. The summed E-state index contributed by atoms with van der Waals surface area (Å²) in [6, 6.07) is 13.3. The molecule has 0 fully saturated rings. The Morgan fingerprint density at radius 3 is 2.57 bits per heavy atom. The summed E-state index contributed by atoms with van der Waals surface area (Å²) in [5.74, 6) is -0.955. The molecule has 0 bridgehead atoms. The Kier molecular flexibility index (Phi) is 3.58. The van der Waals surface area contributed by atoms with Crippen LogP contribution in [0.3, 0.4) is 0 Å². The quantitative estimate of drug-likeness (QED) is 0.781. The second kappa shape index (κ2) is 5.54. The Hall–Kier alpha value is -2.40. The number of carboxylic acids is 1. The van der Waals surface area contributed by atoms with Crippen LogP contribution in [0.5, 0.6) is 5.75 Å². The SMILES string of the molecule is O=C(O)c1sc2ccccc2c1OCc1ccc(F)cc1. The highest BCUT2D eigenvalue weighted by atomic mass is 32.1. The van der Waals surface area contributed by atoms with E-state index in [1.54, 1.807) is 12.1 Å². The fourth-order valence-electron chi connectivity index (χ4n) is 2.04. The highest BCUT2D eigenvalue weighted by molar-refractivity contribution is 7.21. The lowest BCUT2D eigenvalue weighted by Crippen LogP contribution is -2.00. The molecule has 3 nitrogen and oxygen atoms in total. The van der Waals surface area contributed by atoms with Crippen molar-refractivity contribution in [3.05, 3.63) is 64.8 Å². The van der Waals surface area contributed by atoms with Crippen molar-refractivity contribution in [2.24, 2.45) is 0 Å². The van der Waals surface area contributed by atoms with E-state index in [1.165, 1.54) is 23.5 Å². The molecular formula is C16H11FO3S. The zero-order chi connectivity index (χ0) is 14.8. The maximum absolute atomic E-state index is 12.9. The van der Waals surface area contributed by atoms with Gasteiger partial charge in [-0.2, -0.15) is 0 Å². The lowest BCUT2D eigenvalue weighted by molar-refractivity contribution is 0.0698. The van der Waals surface area contributed by atoms with Crippen LogP contribution in [0.15, 0.2) is 48.5 Å². The molecule has 1 aromatic heterocycles. The third kappa shape index (κ3) is 2.73. The van der Waals surface area contributed by atoms with Crippen LogP contribution in [0, 0.1) is 5.82 Å². The van der Waals surface area contributed by atoms with Crippen LogP contribution in [0.1, 0.15) is 15.2 Å². The van der Waals surface area contributed by atoms with Crippen LogP contribution in [0.25, 0.3) is 10.1 Å². The minimum absolute atomic E-state index is 0.179. The molecule has 1 heterocycles. The molecule has 5 heteroatoms. The molecule has 2 aromatic carbocycles. The molecule has 106 valence electrons. The van der Waals surface area contributed by atoms with E-state index in [9.17, 15) is 14.3 Å². The standard InChI is InChI=1S/C16H11FO3S/c17-11-7-5-10(6-8-11)9-20-14-12-3-1-2-4-13(12)21-15(14)16(18)19/h1-8H,9H2,(H,18,19). The molecule has 0 aliphatic rings. The number of aromatic carboxylic acids is 1. The number of thiophene rings is 1. The predicted molar refractivity (Wildman–Crippen MR) is 79.5 cm³/mol. The summed E-state index contributed by atoms with van der Waals surface area (Å²) in [7, 11) is 0. The van der Waals surface area contributed by atoms with Gasteiger partial charge in [0.25, 0.3) is 0 Å². The van der Waals surface area contributed by atoms with Crippen LogP contribution < -0.4 is 4.74 Å². The molecule has 21 heavy (non-hydrogen) atoms. The van der Waals surface area contributed by atoms with Gasteiger partial charge in [-0.05, 0) is 29.8 Å². The summed E-state index contributed by atoms with van der Waals surface area (Å²) in [6.07, 6.45) is 0. The van der Waals surface area contributed by atoms with Gasteiger partial charge in [0.1, 0.15) is 12.4 Å². The fraction of sp³-hybridized carbons (Fsp3) is 0.0625. The summed E-state index contributed by atoms with van der Waals surface area (Å²) in [5, 5.41) is 10.1. The zero-order valence-corrected chi connectivity index (χ0v) is 11.7. The van der Waals surface area contributed by atoms with Crippen molar-refractivity contribution in [2.45, 2.75) is 6.61 Å². The van der Waals surface area contributed by atoms with E-state index >= 15 is 0 Å². The Labute approximate surface area is 124 Å². The molecule has 3 aromatic rings. The summed E-state index contributed by atoms with van der Waals surface area (Å²) < 4.78 is 19.4. The van der Waals surface area contributed by atoms with Gasteiger partial charge in [-0.1, -0.05) is 24.3 Å². The maximum Gasteiger partial charge on any atom is 0.349 e. The van der Waals surface area contributed by atoms with E-state index in [-0.39, 0.29) is 17.3 Å². The summed E-state index contributed by atoms with van der Waals surface area (Å²) >= 11 is 1.19. The van der Waals surface area contributed by atoms with Crippen LogP contribution in [-0.4, -0.2) is 11.1 Å². The molecule has 0 atom stereocenters. The second-order valence-electron chi connectivity index (χ2n) is 4.48. The number of rotatable bonds is 4. The van der Waals surface area contributed by atoms with E-state index < -0.39 is 5.97 Å². The number of halogens is 1. The predicted octanol–water partition coefficient (Wildman–Crippen LogP) is 4.32. The molecule has 0 aliphatic heterocycles. The Bertz CT molecular complexity index is 793. The highest BCUT2D eigenvalue weighted by Crippen LogP contribution is 2.38. The highest BCUT2D eigenvalue weighted by Gasteiger charge is 2.18. The molecule has 0 amide bonds. The Morgan fingerprint density at radius 1 is 1.14 bits per heavy atom. The van der Waals surface area contributed by atoms with Crippen molar-refractivity contribution < 1.29 is 19.0 Å². The summed E-state index contributed by atoms with van der Waals surface area (Å²) in [6.45, 7) is 0.196. The number of carboxylic acid groups (broad SMARTS) is 1. The van der Waals surface area contributed by atoms with Crippen molar-refractivity contribution in [2.75, 3.05) is 0 Å². The molecule has 0 saturated carbocycles. The van der Waals surface area contributed by atoms with Gasteiger partial charge in [0, 0.05) is 10.1 Å². The topological polar surface area (TPSA) is 46.5 Å².